The van der Waals surface area contributed by atoms with Gasteiger partial charge in [0.2, 0.25) is 5.91 Å². The van der Waals surface area contributed by atoms with Crippen LogP contribution in [0.25, 0.3) is 0 Å². The highest BCUT2D eigenvalue weighted by Gasteiger charge is 2.26. The van der Waals surface area contributed by atoms with Crippen LogP contribution in [0, 0.1) is 0 Å². The van der Waals surface area contributed by atoms with Crippen LogP contribution in [-0.2, 0) is 23.0 Å². The Hall–Kier alpha value is -2.34. The molecule has 128 valence electrons. The van der Waals surface area contributed by atoms with Gasteiger partial charge in [-0.25, -0.2) is 4.98 Å². The highest BCUT2D eigenvalue weighted by atomic mass is 16.5. The maximum atomic E-state index is 12.4. The Labute approximate surface area is 141 Å². The van der Waals surface area contributed by atoms with Gasteiger partial charge in [0.25, 0.3) is 0 Å². The Balaban J connectivity index is 1.59. The largest absolute Gasteiger partial charge is 0.496 e. The normalized spacial score (nSPS) is 20.6. The second kappa shape index (κ2) is 7.49. The number of amides is 1. The number of aromatic nitrogens is 2. The quantitative estimate of drug-likeness (QED) is 0.911. The molecule has 2 aromatic rings. The summed E-state index contributed by atoms with van der Waals surface area (Å²) in [5.41, 5.74) is 1.94. The van der Waals surface area contributed by atoms with Crippen LogP contribution in [-0.4, -0.2) is 35.2 Å². The van der Waals surface area contributed by atoms with Gasteiger partial charge < -0.3 is 19.4 Å². The highest BCUT2D eigenvalue weighted by Crippen LogP contribution is 2.27. The van der Waals surface area contributed by atoms with Crippen molar-refractivity contribution in [1.29, 1.82) is 0 Å². The first-order valence-electron chi connectivity index (χ1n) is 8.16. The van der Waals surface area contributed by atoms with E-state index >= 15 is 0 Å². The summed E-state index contributed by atoms with van der Waals surface area (Å²) in [5.74, 6) is 0.752. The number of carbonyl (C=O) groups is 1. The fourth-order valence-electron chi connectivity index (χ4n) is 3.11. The zero-order valence-electron chi connectivity index (χ0n) is 14.1. The van der Waals surface area contributed by atoms with Crippen LogP contribution in [0.1, 0.15) is 30.2 Å². The molecule has 1 amide bonds. The first kappa shape index (κ1) is 16.5. The van der Waals surface area contributed by atoms with Gasteiger partial charge in [-0.1, -0.05) is 18.2 Å². The number of rotatable bonds is 5. The van der Waals surface area contributed by atoms with E-state index in [9.17, 15) is 4.79 Å². The van der Waals surface area contributed by atoms with Crippen LogP contribution in [0.4, 0.5) is 0 Å². The van der Waals surface area contributed by atoms with Gasteiger partial charge in [-0.2, -0.15) is 0 Å². The van der Waals surface area contributed by atoms with Gasteiger partial charge in [0.1, 0.15) is 11.9 Å². The average Bonchev–Trinajstić information content (AvgIpc) is 3.01. The summed E-state index contributed by atoms with van der Waals surface area (Å²) in [7, 11) is 3.57. The third-order valence-corrected chi connectivity index (χ3v) is 4.38. The van der Waals surface area contributed by atoms with E-state index in [1.807, 2.05) is 42.1 Å². The fourth-order valence-corrected chi connectivity index (χ4v) is 3.11. The lowest BCUT2D eigenvalue weighted by Crippen LogP contribution is -2.40. The number of para-hydroxylation sites is 1. The maximum Gasteiger partial charge on any atom is 0.224 e. The van der Waals surface area contributed by atoms with Gasteiger partial charge in [-0.15, -0.1) is 0 Å². The summed E-state index contributed by atoms with van der Waals surface area (Å²) < 4.78 is 13.1. The minimum atomic E-state index is -0.0252. The molecule has 1 N–H and O–H groups in total. The fraction of sp³-hybridized carbons (Fsp3) is 0.444. The molecule has 0 aliphatic carbocycles. The smallest absolute Gasteiger partial charge is 0.224 e. The number of imidazole rings is 1. The number of aryl methyl sites for hydroxylation is 1. The maximum absolute atomic E-state index is 12.4. The Bertz CT molecular complexity index is 698. The zero-order valence-corrected chi connectivity index (χ0v) is 14.1. The molecule has 6 nitrogen and oxygen atoms in total. The second-order valence-electron chi connectivity index (χ2n) is 6.07. The standard InChI is InChI=1S/C18H23N3O3/c1-21-12-19-11-15(21)17-10-14(7-8-24-17)20-18(22)9-13-5-3-4-6-16(13)23-2/h3-6,11-12,14,17H,7-10H2,1-2H3,(H,20,22)/t14-,17+/m0/s1. The number of ether oxygens (including phenoxy) is 2. The topological polar surface area (TPSA) is 65.4 Å². The minimum absolute atomic E-state index is 0.00940. The monoisotopic (exact) mass is 329 g/mol. The average molecular weight is 329 g/mol. The molecule has 0 spiro atoms. The van der Waals surface area contributed by atoms with Gasteiger partial charge in [0.15, 0.2) is 0 Å². The molecule has 1 aromatic heterocycles. The lowest BCUT2D eigenvalue weighted by atomic mass is 10.0. The predicted molar refractivity (Wildman–Crippen MR) is 89.8 cm³/mol. The molecule has 1 aliphatic rings. The van der Waals surface area contributed by atoms with Crippen molar-refractivity contribution >= 4 is 5.91 Å². The van der Waals surface area contributed by atoms with E-state index in [0.29, 0.717) is 13.0 Å². The van der Waals surface area contributed by atoms with Crippen LogP contribution < -0.4 is 10.1 Å². The molecule has 0 bridgehead atoms. The van der Waals surface area contributed by atoms with Crippen molar-refractivity contribution in [1.82, 2.24) is 14.9 Å². The van der Waals surface area contributed by atoms with E-state index in [0.717, 1.165) is 29.8 Å². The molecule has 1 fully saturated rings. The number of hydrogen-bond acceptors (Lipinski definition) is 4. The lowest BCUT2D eigenvalue weighted by Gasteiger charge is -2.30. The van der Waals surface area contributed by atoms with Gasteiger partial charge in [0, 0.05) is 25.3 Å². The zero-order chi connectivity index (χ0) is 16.9. The van der Waals surface area contributed by atoms with Gasteiger partial charge >= 0.3 is 0 Å². The molecule has 6 heteroatoms. The molecule has 3 rings (SSSR count). The number of nitrogens with one attached hydrogen (secondary N) is 1. The van der Waals surface area contributed by atoms with E-state index in [1.54, 1.807) is 13.4 Å². The van der Waals surface area contributed by atoms with E-state index in [-0.39, 0.29) is 18.1 Å². The van der Waals surface area contributed by atoms with Gasteiger partial charge in [0.05, 0.1) is 31.7 Å². The van der Waals surface area contributed by atoms with Crippen LogP contribution in [0.2, 0.25) is 0 Å². The number of methoxy groups -OCH3 is 1. The van der Waals surface area contributed by atoms with Crippen molar-refractivity contribution in [3.8, 4) is 5.75 Å². The number of hydrogen-bond donors (Lipinski definition) is 1. The van der Waals surface area contributed by atoms with Gasteiger partial charge in [-0.3, -0.25) is 4.79 Å². The Morgan fingerprint density at radius 3 is 3.04 bits per heavy atom. The van der Waals surface area contributed by atoms with Crippen molar-refractivity contribution in [3.63, 3.8) is 0 Å². The first-order valence-corrected chi connectivity index (χ1v) is 8.16. The molecule has 1 saturated heterocycles. The molecule has 1 aliphatic heterocycles. The summed E-state index contributed by atoms with van der Waals surface area (Å²) in [4.78, 5) is 16.5. The number of benzene rings is 1. The lowest BCUT2D eigenvalue weighted by molar-refractivity contribution is -0.122. The minimum Gasteiger partial charge on any atom is -0.496 e. The van der Waals surface area contributed by atoms with Crippen LogP contribution in [0.3, 0.4) is 0 Å². The van der Waals surface area contributed by atoms with Crippen molar-refractivity contribution in [2.45, 2.75) is 31.4 Å². The molecule has 0 unspecified atom stereocenters. The summed E-state index contributed by atoms with van der Waals surface area (Å²) in [6.07, 6.45) is 5.47. The Morgan fingerprint density at radius 2 is 2.29 bits per heavy atom. The molecule has 0 saturated carbocycles. The third kappa shape index (κ3) is 3.76. The number of nitrogens with zero attached hydrogens (tertiary/aromatic N) is 2. The molecule has 24 heavy (non-hydrogen) atoms. The summed E-state index contributed by atoms with van der Waals surface area (Å²) in [5, 5.41) is 3.13. The Kier molecular flexibility index (Phi) is 5.15. The van der Waals surface area contributed by atoms with E-state index in [4.69, 9.17) is 9.47 Å². The van der Waals surface area contributed by atoms with E-state index in [2.05, 4.69) is 10.3 Å². The van der Waals surface area contributed by atoms with Crippen molar-refractivity contribution in [2.75, 3.05) is 13.7 Å². The highest BCUT2D eigenvalue weighted by molar-refractivity contribution is 5.79. The van der Waals surface area contributed by atoms with E-state index in [1.165, 1.54) is 0 Å². The molecular formula is C18H23N3O3. The molecule has 1 aromatic carbocycles. The van der Waals surface area contributed by atoms with Crippen LogP contribution in [0.15, 0.2) is 36.8 Å². The van der Waals surface area contributed by atoms with Crippen molar-refractivity contribution in [3.05, 3.63) is 48.0 Å². The molecule has 2 heterocycles. The Morgan fingerprint density at radius 1 is 1.46 bits per heavy atom. The third-order valence-electron chi connectivity index (χ3n) is 4.38. The summed E-state index contributed by atoms with van der Waals surface area (Å²) in [6.45, 7) is 0.634. The first-order chi connectivity index (χ1) is 11.7. The van der Waals surface area contributed by atoms with Crippen LogP contribution in [0.5, 0.6) is 5.75 Å². The second-order valence-corrected chi connectivity index (χ2v) is 6.07. The molecular weight excluding hydrogens is 306 g/mol. The number of carbonyl (C=O) groups excluding carboxylic acids is 1. The summed E-state index contributed by atoms with van der Waals surface area (Å²) >= 11 is 0. The van der Waals surface area contributed by atoms with E-state index < -0.39 is 0 Å². The predicted octanol–water partition coefficient (Wildman–Crippen LogP) is 2.01. The molecule has 2 atom stereocenters. The van der Waals surface area contributed by atoms with Crippen molar-refractivity contribution < 1.29 is 14.3 Å². The van der Waals surface area contributed by atoms with Gasteiger partial charge in [-0.05, 0) is 18.9 Å². The van der Waals surface area contributed by atoms with Crippen molar-refractivity contribution in [2.24, 2.45) is 7.05 Å². The van der Waals surface area contributed by atoms with Crippen LogP contribution >= 0.6 is 0 Å². The SMILES string of the molecule is COc1ccccc1CC(=O)N[C@H]1CCO[C@@H](c2cncn2C)C1. The summed E-state index contributed by atoms with van der Waals surface area (Å²) in [6, 6.07) is 7.71. The molecule has 0 radical (unpaired) electrons.